The van der Waals surface area contributed by atoms with Gasteiger partial charge in [-0.05, 0) is 30.5 Å². The van der Waals surface area contributed by atoms with Gasteiger partial charge in [0.1, 0.15) is 11.6 Å². The fraction of sp³-hybridized carbons (Fsp3) is 0.261. The molecular formula is C23H23N3O5. The molecule has 2 aromatic carbocycles. The second-order valence-corrected chi connectivity index (χ2v) is 7.38. The maximum atomic E-state index is 12.6. The number of carbonyl (C=O) groups excluding carboxylic acids is 2. The maximum absolute atomic E-state index is 12.6. The summed E-state index contributed by atoms with van der Waals surface area (Å²) in [5.41, 5.74) is 2.32. The molecule has 0 aliphatic carbocycles. The molecule has 1 aliphatic rings. The Balaban J connectivity index is 1.47. The van der Waals surface area contributed by atoms with E-state index in [4.69, 9.17) is 14.2 Å². The summed E-state index contributed by atoms with van der Waals surface area (Å²) in [5, 5.41) is 9.63. The lowest BCUT2D eigenvalue weighted by Crippen LogP contribution is -2.25. The highest BCUT2D eigenvalue weighted by molar-refractivity contribution is 5.82. The first-order valence-electron chi connectivity index (χ1n) is 10.0. The van der Waals surface area contributed by atoms with E-state index in [9.17, 15) is 9.59 Å². The molecule has 160 valence electrons. The predicted octanol–water partition coefficient (Wildman–Crippen LogP) is 4.25. The van der Waals surface area contributed by atoms with Crippen LogP contribution in [0, 0.1) is 0 Å². The van der Waals surface area contributed by atoms with Gasteiger partial charge in [-0.2, -0.15) is 5.10 Å². The number of ether oxygens (including phenoxy) is 3. The van der Waals surface area contributed by atoms with Crippen molar-refractivity contribution in [3.63, 3.8) is 0 Å². The van der Waals surface area contributed by atoms with Gasteiger partial charge in [-0.25, -0.2) is 9.59 Å². The topological polar surface area (TPSA) is 103 Å². The highest BCUT2D eigenvalue weighted by atomic mass is 16.7. The minimum atomic E-state index is -0.843. The summed E-state index contributed by atoms with van der Waals surface area (Å²) in [6.07, 6.45) is 0.952. The van der Waals surface area contributed by atoms with Gasteiger partial charge in [0.2, 0.25) is 0 Å². The molecule has 8 nitrogen and oxygen atoms in total. The second kappa shape index (κ2) is 8.51. The van der Waals surface area contributed by atoms with Crippen molar-refractivity contribution in [1.82, 2.24) is 10.2 Å². The Kier molecular flexibility index (Phi) is 5.62. The number of cyclic esters (lactones) is 1. The van der Waals surface area contributed by atoms with Crippen molar-refractivity contribution in [1.29, 1.82) is 0 Å². The van der Waals surface area contributed by atoms with Gasteiger partial charge < -0.3 is 19.5 Å². The standard InChI is InChI=1S/C23H23N3O5/c1-3-29-22(28)30-19-14-24-26-20(19)25-18-13-23(2,31-21(18)27)17-11-9-16(10-12-17)15-7-5-4-6-8-15/h4-12,14,18H,3,13H2,1-2H3,(H2,24,25,26). The zero-order valence-electron chi connectivity index (χ0n) is 17.3. The number of H-pyrrole nitrogens is 1. The Labute approximate surface area is 179 Å². The summed E-state index contributed by atoms with van der Waals surface area (Å²) in [5.74, 6) is -0.0227. The van der Waals surface area contributed by atoms with Crippen LogP contribution in [-0.2, 0) is 19.9 Å². The Hall–Kier alpha value is -3.81. The average Bonchev–Trinajstić information content (AvgIpc) is 3.33. The predicted molar refractivity (Wildman–Crippen MR) is 114 cm³/mol. The first-order valence-corrected chi connectivity index (χ1v) is 10.0. The molecule has 2 unspecified atom stereocenters. The third-order valence-corrected chi connectivity index (χ3v) is 5.18. The van der Waals surface area contributed by atoms with Crippen LogP contribution in [0.15, 0.2) is 60.8 Å². The normalized spacial score (nSPS) is 20.2. The number of anilines is 1. The lowest BCUT2D eigenvalue weighted by Gasteiger charge is -2.23. The molecule has 0 spiro atoms. The molecule has 0 saturated carbocycles. The largest absolute Gasteiger partial charge is 0.514 e. The number of esters is 1. The van der Waals surface area contributed by atoms with Crippen LogP contribution >= 0.6 is 0 Å². The van der Waals surface area contributed by atoms with Crippen LogP contribution in [0.3, 0.4) is 0 Å². The lowest BCUT2D eigenvalue weighted by molar-refractivity contribution is -0.148. The first kappa shape index (κ1) is 20.5. The molecule has 0 amide bonds. The van der Waals surface area contributed by atoms with Crippen LogP contribution in [0.4, 0.5) is 10.6 Å². The molecule has 2 N–H and O–H groups in total. The summed E-state index contributed by atoms with van der Waals surface area (Å²) < 4.78 is 15.6. The highest BCUT2D eigenvalue weighted by Gasteiger charge is 2.45. The number of aromatic nitrogens is 2. The number of nitrogens with zero attached hydrogens (tertiary/aromatic N) is 1. The van der Waals surface area contributed by atoms with Crippen LogP contribution in [0.5, 0.6) is 5.75 Å². The first-order chi connectivity index (χ1) is 15.0. The van der Waals surface area contributed by atoms with Crippen LogP contribution in [0.1, 0.15) is 25.8 Å². The van der Waals surface area contributed by atoms with Gasteiger partial charge in [0, 0.05) is 6.42 Å². The summed E-state index contributed by atoms with van der Waals surface area (Å²) >= 11 is 0. The molecule has 1 fully saturated rings. The lowest BCUT2D eigenvalue weighted by atomic mass is 9.90. The Bertz CT molecular complexity index is 1060. The minimum Gasteiger partial charge on any atom is -0.453 e. The van der Waals surface area contributed by atoms with E-state index in [1.54, 1.807) is 6.92 Å². The molecule has 0 bridgehead atoms. The minimum absolute atomic E-state index is 0.145. The van der Waals surface area contributed by atoms with E-state index >= 15 is 0 Å². The number of rotatable bonds is 6. The highest BCUT2D eigenvalue weighted by Crippen LogP contribution is 2.39. The van der Waals surface area contributed by atoms with E-state index < -0.39 is 23.8 Å². The van der Waals surface area contributed by atoms with Crippen LogP contribution in [0.2, 0.25) is 0 Å². The van der Waals surface area contributed by atoms with Gasteiger partial charge in [0.15, 0.2) is 11.6 Å². The quantitative estimate of drug-likeness (QED) is 0.574. The third kappa shape index (κ3) is 4.37. The molecule has 3 aromatic rings. The van der Waals surface area contributed by atoms with Gasteiger partial charge in [0.25, 0.3) is 0 Å². The number of hydrogen-bond acceptors (Lipinski definition) is 7. The molecule has 8 heteroatoms. The fourth-order valence-electron chi connectivity index (χ4n) is 3.60. The van der Waals surface area contributed by atoms with Gasteiger partial charge >= 0.3 is 12.1 Å². The summed E-state index contributed by atoms with van der Waals surface area (Å²) in [7, 11) is 0. The van der Waals surface area contributed by atoms with Crippen LogP contribution in [-0.4, -0.2) is 35.0 Å². The van der Waals surface area contributed by atoms with Gasteiger partial charge in [-0.3, -0.25) is 5.10 Å². The number of aromatic amines is 1. The molecular weight excluding hydrogens is 398 g/mol. The zero-order valence-corrected chi connectivity index (χ0v) is 17.3. The van der Waals surface area contributed by atoms with E-state index in [-0.39, 0.29) is 18.2 Å². The number of benzene rings is 2. The second-order valence-electron chi connectivity index (χ2n) is 7.38. The summed E-state index contributed by atoms with van der Waals surface area (Å²) in [6.45, 7) is 3.75. The number of carbonyl (C=O) groups is 2. The molecule has 4 rings (SSSR count). The Morgan fingerprint density at radius 3 is 2.61 bits per heavy atom. The summed E-state index contributed by atoms with van der Waals surface area (Å²) in [6, 6.07) is 17.4. The Morgan fingerprint density at radius 1 is 1.19 bits per heavy atom. The SMILES string of the molecule is CCOC(=O)Oc1c[nH]nc1NC1CC(C)(c2ccc(-c3ccccc3)cc2)OC1=O. The van der Waals surface area contributed by atoms with Crippen molar-refractivity contribution in [2.24, 2.45) is 0 Å². The number of hydrogen-bond donors (Lipinski definition) is 2. The molecule has 0 radical (unpaired) electrons. The molecule has 1 saturated heterocycles. The van der Waals surface area contributed by atoms with Crippen LogP contribution < -0.4 is 10.1 Å². The van der Waals surface area contributed by atoms with Crippen molar-refractivity contribution < 1.29 is 23.8 Å². The zero-order chi connectivity index (χ0) is 21.8. The molecule has 1 aliphatic heterocycles. The van der Waals surface area contributed by atoms with Crippen molar-refractivity contribution in [3.8, 4) is 16.9 Å². The van der Waals surface area contributed by atoms with Crippen molar-refractivity contribution >= 4 is 17.9 Å². The van der Waals surface area contributed by atoms with Crippen molar-refractivity contribution in [3.05, 3.63) is 66.4 Å². The van der Waals surface area contributed by atoms with E-state index in [0.717, 1.165) is 16.7 Å². The van der Waals surface area contributed by atoms with E-state index in [1.807, 2.05) is 61.5 Å². The molecule has 2 heterocycles. The van der Waals surface area contributed by atoms with Gasteiger partial charge in [0.05, 0.1) is 12.8 Å². The van der Waals surface area contributed by atoms with E-state index in [1.165, 1.54) is 6.20 Å². The van der Waals surface area contributed by atoms with E-state index in [2.05, 4.69) is 15.5 Å². The third-order valence-electron chi connectivity index (χ3n) is 5.18. The van der Waals surface area contributed by atoms with Crippen molar-refractivity contribution in [2.45, 2.75) is 31.9 Å². The molecule has 2 atom stereocenters. The average molecular weight is 421 g/mol. The Morgan fingerprint density at radius 2 is 1.90 bits per heavy atom. The van der Waals surface area contributed by atoms with Crippen LogP contribution in [0.25, 0.3) is 11.1 Å². The summed E-state index contributed by atoms with van der Waals surface area (Å²) in [4.78, 5) is 24.1. The van der Waals surface area contributed by atoms with Gasteiger partial charge in [-0.1, -0.05) is 54.6 Å². The maximum Gasteiger partial charge on any atom is 0.514 e. The van der Waals surface area contributed by atoms with Gasteiger partial charge in [-0.15, -0.1) is 0 Å². The monoisotopic (exact) mass is 421 g/mol. The number of nitrogens with one attached hydrogen (secondary N) is 2. The molecule has 1 aromatic heterocycles. The smallest absolute Gasteiger partial charge is 0.453 e. The van der Waals surface area contributed by atoms with Crippen molar-refractivity contribution in [2.75, 3.05) is 11.9 Å². The molecule has 31 heavy (non-hydrogen) atoms. The fourth-order valence-corrected chi connectivity index (χ4v) is 3.60. The van der Waals surface area contributed by atoms with E-state index in [0.29, 0.717) is 6.42 Å².